The van der Waals surface area contributed by atoms with Crippen LogP contribution in [0.2, 0.25) is 0 Å². The summed E-state index contributed by atoms with van der Waals surface area (Å²) in [7, 11) is 1.67. The fraction of sp³-hybridized carbons (Fsp3) is 0.750. The first kappa shape index (κ1) is 16.0. The summed E-state index contributed by atoms with van der Waals surface area (Å²) in [6.07, 6.45) is 2.03. The Kier molecular flexibility index (Phi) is 8.28. The van der Waals surface area contributed by atoms with E-state index < -0.39 is 0 Å². The summed E-state index contributed by atoms with van der Waals surface area (Å²) in [5.41, 5.74) is 5.73. The molecule has 0 radical (unpaired) electrons. The Morgan fingerprint density at radius 2 is 2.11 bits per heavy atom. The molecule has 0 unspecified atom stereocenters. The van der Waals surface area contributed by atoms with Crippen molar-refractivity contribution in [1.29, 1.82) is 0 Å². The van der Waals surface area contributed by atoms with Crippen molar-refractivity contribution in [2.75, 3.05) is 51.1 Å². The lowest BCUT2D eigenvalue weighted by Gasteiger charge is -2.07. The molecule has 7 heteroatoms. The number of methoxy groups -OCH3 is 1. The number of anilines is 2. The minimum absolute atomic E-state index is 0.456. The van der Waals surface area contributed by atoms with E-state index in [0.29, 0.717) is 31.4 Å². The molecule has 1 heterocycles. The van der Waals surface area contributed by atoms with Gasteiger partial charge in [-0.1, -0.05) is 0 Å². The Balaban J connectivity index is 2.12. The molecule has 0 spiro atoms. The fourth-order valence-electron chi connectivity index (χ4n) is 1.47. The Bertz CT molecular complexity index is 347. The Morgan fingerprint density at radius 3 is 2.84 bits per heavy atom. The summed E-state index contributed by atoms with van der Waals surface area (Å²) in [6, 6.07) is 0. The van der Waals surface area contributed by atoms with Crippen LogP contribution in [-0.2, 0) is 9.47 Å². The van der Waals surface area contributed by atoms with Crippen molar-refractivity contribution in [3.05, 3.63) is 0 Å². The lowest BCUT2D eigenvalue weighted by molar-refractivity contribution is 0.0691. The number of rotatable bonds is 11. The molecular formula is C12H23N3O3S. The van der Waals surface area contributed by atoms with Crippen molar-refractivity contribution in [3.8, 4) is 5.75 Å². The number of nitrogens with zero attached hydrogens (tertiary/aromatic N) is 1. The Labute approximate surface area is 118 Å². The van der Waals surface area contributed by atoms with Gasteiger partial charge in [0.25, 0.3) is 0 Å². The molecule has 1 aromatic rings. The molecule has 110 valence electrons. The second-order valence-corrected chi connectivity index (χ2v) is 4.67. The topological polar surface area (TPSA) is 78.6 Å². The molecule has 0 saturated heterocycles. The molecule has 0 aliphatic carbocycles. The number of unbranched alkanes of at least 4 members (excludes halogenated alkanes) is 1. The quantitative estimate of drug-likeness (QED) is 0.606. The maximum absolute atomic E-state index is 5.73. The molecule has 0 aromatic carbocycles. The van der Waals surface area contributed by atoms with Crippen LogP contribution in [0.1, 0.15) is 19.8 Å². The predicted molar refractivity (Wildman–Crippen MR) is 78.1 cm³/mol. The summed E-state index contributed by atoms with van der Waals surface area (Å²) in [6.45, 7) is 5.44. The normalized spacial score (nSPS) is 10.6. The van der Waals surface area contributed by atoms with E-state index in [-0.39, 0.29) is 0 Å². The monoisotopic (exact) mass is 289 g/mol. The third-order valence-corrected chi connectivity index (χ3v) is 3.20. The third kappa shape index (κ3) is 6.09. The maximum Gasteiger partial charge on any atom is 0.197 e. The van der Waals surface area contributed by atoms with E-state index in [1.54, 1.807) is 7.11 Å². The standard InChI is InChI=1S/C12H23N3O3S/c1-3-18-10-11(13)15-19-12(10)14-6-4-5-7-17-9-8-16-2/h14H,3-9H2,1-2H3,(H2,13,15). The third-order valence-electron chi connectivity index (χ3n) is 2.40. The van der Waals surface area contributed by atoms with E-state index in [9.17, 15) is 0 Å². The zero-order valence-electron chi connectivity index (χ0n) is 11.6. The number of hydrogen-bond donors (Lipinski definition) is 2. The predicted octanol–water partition coefficient (Wildman–Crippen LogP) is 1.98. The van der Waals surface area contributed by atoms with E-state index in [1.165, 1.54) is 11.5 Å². The summed E-state index contributed by atoms with van der Waals surface area (Å²) >= 11 is 1.33. The average Bonchev–Trinajstić information content (AvgIpc) is 2.75. The Hall–Kier alpha value is -1.05. The van der Waals surface area contributed by atoms with Crippen LogP contribution in [0.5, 0.6) is 5.75 Å². The van der Waals surface area contributed by atoms with Crippen molar-refractivity contribution in [1.82, 2.24) is 4.37 Å². The minimum Gasteiger partial charge on any atom is -0.487 e. The number of hydrogen-bond acceptors (Lipinski definition) is 7. The lowest BCUT2D eigenvalue weighted by Crippen LogP contribution is -2.06. The molecular weight excluding hydrogens is 266 g/mol. The van der Waals surface area contributed by atoms with Crippen molar-refractivity contribution >= 4 is 22.4 Å². The number of nitrogens with one attached hydrogen (secondary N) is 1. The molecule has 0 saturated carbocycles. The van der Waals surface area contributed by atoms with Gasteiger partial charge in [-0.2, -0.15) is 4.37 Å². The van der Waals surface area contributed by atoms with Crippen LogP contribution in [0.4, 0.5) is 10.8 Å². The highest BCUT2D eigenvalue weighted by Crippen LogP contribution is 2.34. The molecule has 19 heavy (non-hydrogen) atoms. The van der Waals surface area contributed by atoms with Crippen molar-refractivity contribution < 1.29 is 14.2 Å². The van der Waals surface area contributed by atoms with Crippen molar-refractivity contribution in [2.45, 2.75) is 19.8 Å². The Morgan fingerprint density at radius 1 is 1.26 bits per heavy atom. The van der Waals surface area contributed by atoms with Crippen molar-refractivity contribution in [2.24, 2.45) is 0 Å². The molecule has 0 fully saturated rings. The smallest absolute Gasteiger partial charge is 0.197 e. The molecule has 0 aliphatic heterocycles. The van der Waals surface area contributed by atoms with Crippen LogP contribution in [0, 0.1) is 0 Å². The van der Waals surface area contributed by atoms with E-state index in [0.717, 1.165) is 31.0 Å². The summed E-state index contributed by atoms with van der Waals surface area (Å²) < 4.78 is 19.8. The molecule has 0 amide bonds. The first-order valence-corrected chi connectivity index (χ1v) is 7.25. The van der Waals surface area contributed by atoms with Crippen LogP contribution < -0.4 is 15.8 Å². The molecule has 0 bridgehead atoms. The first-order valence-electron chi connectivity index (χ1n) is 6.48. The van der Waals surface area contributed by atoms with Crippen LogP contribution in [0.25, 0.3) is 0 Å². The van der Waals surface area contributed by atoms with E-state index >= 15 is 0 Å². The molecule has 0 aliphatic rings. The SMILES string of the molecule is CCOc1c(N)nsc1NCCCCOCCOC. The number of aromatic nitrogens is 1. The van der Waals surface area contributed by atoms with Crippen molar-refractivity contribution in [3.63, 3.8) is 0 Å². The molecule has 3 N–H and O–H groups in total. The van der Waals surface area contributed by atoms with Gasteiger partial charge in [0.1, 0.15) is 0 Å². The van der Waals surface area contributed by atoms with Gasteiger partial charge in [-0.25, -0.2) is 0 Å². The van der Waals surface area contributed by atoms with E-state index in [2.05, 4.69) is 9.69 Å². The van der Waals surface area contributed by atoms with E-state index in [1.807, 2.05) is 6.92 Å². The zero-order valence-corrected chi connectivity index (χ0v) is 12.4. The first-order chi connectivity index (χ1) is 9.29. The summed E-state index contributed by atoms with van der Waals surface area (Å²) in [5, 5.41) is 4.19. The van der Waals surface area contributed by atoms with Gasteiger partial charge in [0.15, 0.2) is 16.6 Å². The summed E-state index contributed by atoms with van der Waals surface area (Å²) in [5.74, 6) is 1.13. The molecule has 0 atom stereocenters. The molecule has 6 nitrogen and oxygen atoms in total. The highest BCUT2D eigenvalue weighted by Gasteiger charge is 2.11. The van der Waals surface area contributed by atoms with Gasteiger partial charge in [-0.05, 0) is 31.3 Å². The van der Waals surface area contributed by atoms with Crippen LogP contribution in [0.15, 0.2) is 0 Å². The highest BCUT2D eigenvalue weighted by atomic mass is 32.1. The largest absolute Gasteiger partial charge is 0.487 e. The second kappa shape index (κ2) is 9.82. The van der Waals surface area contributed by atoms with E-state index in [4.69, 9.17) is 19.9 Å². The summed E-state index contributed by atoms with van der Waals surface area (Å²) in [4.78, 5) is 0. The maximum atomic E-state index is 5.73. The van der Waals surface area contributed by atoms with Crippen LogP contribution >= 0.6 is 11.5 Å². The highest BCUT2D eigenvalue weighted by molar-refractivity contribution is 7.11. The van der Waals surface area contributed by atoms with Gasteiger partial charge in [0, 0.05) is 20.3 Å². The van der Waals surface area contributed by atoms with Crippen LogP contribution in [-0.4, -0.2) is 44.5 Å². The minimum atomic E-state index is 0.456. The van der Waals surface area contributed by atoms with Gasteiger partial charge >= 0.3 is 0 Å². The van der Waals surface area contributed by atoms with Gasteiger partial charge in [-0.3, -0.25) is 0 Å². The van der Waals surface area contributed by atoms with Gasteiger partial charge < -0.3 is 25.3 Å². The van der Waals surface area contributed by atoms with Gasteiger partial charge in [-0.15, -0.1) is 0 Å². The number of nitrogens with two attached hydrogens (primary N) is 1. The average molecular weight is 289 g/mol. The lowest BCUT2D eigenvalue weighted by atomic mass is 10.3. The number of nitrogen functional groups attached to an aromatic ring is 1. The molecule has 1 aromatic heterocycles. The molecule has 1 rings (SSSR count). The zero-order chi connectivity index (χ0) is 13.9. The fourth-order valence-corrected chi connectivity index (χ4v) is 2.15. The second-order valence-electron chi connectivity index (χ2n) is 3.90. The van der Waals surface area contributed by atoms with Crippen LogP contribution in [0.3, 0.4) is 0 Å². The van der Waals surface area contributed by atoms with Gasteiger partial charge in [0.05, 0.1) is 19.8 Å². The van der Waals surface area contributed by atoms with Gasteiger partial charge in [0.2, 0.25) is 0 Å². The number of ether oxygens (including phenoxy) is 3.